The third-order valence-electron chi connectivity index (χ3n) is 3.95. The molecule has 2 atom stereocenters. The largest absolute Gasteiger partial charge is 0.338 e. The van der Waals surface area contributed by atoms with Crippen molar-refractivity contribution >= 4 is 28.8 Å². The molecule has 0 radical (unpaired) electrons. The van der Waals surface area contributed by atoms with Crippen molar-refractivity contribution in [1.29, 1.82) is 0 Å². The predicted octanol–water partition coefficient (Wildman–Crippen LogP) is 3.13. The predicted molar refractivity (Wildman–Crippen MR) is 80.3 cm³/mol. The Morgan fingerprint density at radius 3 is 2.89 bits per heavy atom. The summed E-state index contributed by atoms with van der Waals surface area (Å²) in [7, 11) is 0. The summed E-state index contributed by atoms with van der Waals surface area (Å²) >= 11 is 7.48. The minimum atomic E-state index is 0.125. The zero-order valence-corrected chi connectivity index (χ0v) is 12.8. The highest BCUT2D eigenvalue weighted by molar-refractivity contribution is 7.16. The third kappa shape index (κ3) is 3.50. The van der Waals surface area contributed by atoms with Gasteiger partial charge in [-0.2, -0.15) is 0 Å². The van der Waals surface area contributed by atoms with Crippen molar-refractivity contribution in [2.75, 3.05) is 13.1 Å². The monoisotopic (exact) mass is 300 g/mol. The standard InChI is InChI=1S/C14H21ClN2OS/c1-2-17(9-11-6-7-13(15)19-11)14(18)12-5-3-4-10(12)8-16/h6-7,10,12H,2-5,8-9,16H2,1H3/t10-,12-/m1/s1. The Hall–Kier alpha value is -0.580. The molecule has 0 saturated heterocycles. The Bertz CT molecular complexity index is 435. The lowest BCUT2D eigenvalue weighted by Crippen LogP contribution is -2.38. The van der Waals surface area contributed by atoms with Crippen molar-refractivity contribution in [2.24, 2.45) is 17.6 Å². The SMILES string of the molecule is CCN(Cc1ccc(Cl)s1)C(=O)[C@@H]1CCC[C@@H]1CN. The Labute approximate surface area is 123 Å². The molecule has 0 unspecified atom stereocenters. The van der Waals surface area contributed by atoms with Crippen LogP contribution in [0.1, 0.15) is 31.1 Å². The number of amides is 1. The molecule has 19 heavy (non-hydrogen) atoms. The fourth-order valence-electron chi connectivity index (χ4n) is 2.85. The van der Waals surface area contributed by atoms with Crippen LogP contribution in [-0.2, 0) is 11.3 Å². The quantitative estimate of drug-likeness (QED) is 0.908. The number of carbonyl (C=O) groups is 1. The van der Waals surface area contributed by atoms with Crippen LogP contribution in [0.3, 0.4) is 0 Å². The summed E-state index contributed by atoms with van der Waals surface area (Å²) in [5, 5.41) is 0. The van der Waals surface area contributed by atoms with E-state index in [-0.39, 0.29) is 11.8 Å². The van der Waals surface area contributed by atoms with Crippen LogP contribution in [0.4, 0.5) is 0 Å². The molecule has 5 heteroatoms. The summed E-state index contributed by atoms with van der Waals surface area (Å²) in [6.45, 7) is 4.06. The topological polar surface area (TPSA) is 46.3 Å². The van der Waals surface area contributed by atoms with Gasteiger partial charge in [-0.05, 0) is 44.4 Å². The smallest absolute Gasteiger partial charge is 0.226 e. The number of hydrogen-bond acceptors (Lipinski definition) is 3. The van der Waals surface area contributed by atoms with Crippen LogP contribution in [0.5, 0.6) is 0 Å². The van der Waals surface area contributed by atoms with Gasteiger partial charge in [0.2, 0.25) is 5.91 Å². The second kappa shape index (κ2) is 6.73. The fourth-order valence-corrected chi connectivity index (χ4v) is 3.95. The summed E-state index contributed by atoms with van der Waals surface area (Å²) in [4.78, 5) is 15.7. The van der Waals surface area contributed by atoms with Crippen molar-refractivity contribution in [3.05, 3.63) is 21.3 Å². The van der Waals surface area contributed by atoms with Crippen LogP contribution < -0.4 is 5.73 Å². The maximum Gasteiger partial charge on any atom is 0.226 e. The number of rotatable bonds is 5. The van der Waals surface area contributed by atoms with Crippen molar-refractivity contribution in [3.63, 3.8) is 0 Å². The number of carbonyl (C=O) groups excluding carboxylic acids is 1. The van der Waals surface area contributed by atoms with Gasteiger partial charge < -0.3 is 10.6 Å². The molecule has 1 amide bonds. The summed E-state index contributed by atoms with van der Waals surface area (Å²) < 4.78 is 0.777. The van der Waals surface area contributed by atoms with Gasteiger partial charge in [0.05, 0.1) is 10.9 Å². The average Bonchev–Trinajstić information content (AvgIpc) is 3.03. The van der Waals surface area contributed by atoms with Crippen LogP contribution in [0, 0.1) is 11.8 Å². The molecule has 0 spiro atoms. The van der Waals surface area contributed by atoms with E-state index in [0.29, 0.717) is 19.0 Å². The van der Waals surface area contributed by atoms with E-state index in [1.54, 1.807) is 11.3 Å². The first-order valence-electron chi connectivity index (χ1n) is 6.88. The molecule has 0 aliphatic heterocycles. The summed E-state index contributed by atoms with van der Waals surface area (Å²) in [5.74, 6) is 0.758. The molecule has 1 aromatic heterocycles. The highest BCUT2D eigenvalue weighted by atomic mass is 35.5. The summed E-state index contributed by atoms with van der Waals surface area (Å²) in [6, 6.07) is 3.89. The average molecular weight is 301 g/mol. The second-order valence-corrected chi connectivity index (χ2v) is 6.89. The number of nitrogens with zero attached hydrogens (tertiary/aromatic N) is 1. The summed E-state index contributed by atoms with van der Waals surface area (Å²) in [6.07, 6.45) is 3.21. The normalized spacial score (nSPS) is 22.7. The molecule has 0 bridgehead atoms. The molecule has 1 aliphatic rings. The van der Waals surface area contributed by atoms with Gasteiger partial charge in [-0.1, -0.05) is 18.0 Å². The minimum absolute atomic E-state index is 0.125. The molecule has 0 aromatic carbocycles. The highest BCUT2D eigenvalue weighted by Gasteiger charge is 2.34. The van der Waals surface area contributed by atoms with E-state index in [9.17, 15) is 4.79 Å². The highest BCUT2D eigenvalue weighted by Crippen LogP contribution is 2.33. The van der Waals surface area contributed by atoms with Gasteiger partial charge in [-0.25, -0.2) is 0 Å². The van der Waals surface area contributed by atoms with Crippen LogP contribution >= 0.6 is 22.9 Å². The minimum Gasteiger partial charge on any atom is -0.338 e. The lowest BCUT2D eigenvalue weighted by molar-refractivity contribution is -0.137. The molecule has 1 heterocycles. The van der Waals surface area contributed by atoms with Gasteiger partial charge in [0.1, 0.15) is 0 Å². The third-order valence-corrected chi connectivity index (χ3v) is 5.16. The maximum absolute atomic E-state index is 12.6. The van der Waals surface area contributed by atoms with Crippen LogP contribution in [0.25, 0.3) is 0 Å². The molecular formula is C14H21ClN2OS. The van der Waals surface area contributed by atoms with E-state index in [1.165, 1.54) is 0 Å². The fraction of sp³-hybridized carbons (Fsp3) is 0.643. The molecule has 106 valence electrons. The Kier molecular flexibility index (Phi) is 5.25. The lowest BCUT2D eigenvalue weighted by atomic mass is 9.94. The zero-order chi connectivity index (χ0) is 13.8. The number of thiophene rings is 1. The Morgan fingerprint density at radius 2 is 2.32 bits per heavy atom. The van der Waals surface area contributed by atoms with Gasteiger partial charge in [0.25, 0.3) is 0 Å². The van der Waals surface area contributed by atoms with E-state index in [1.807, 2.05) is 24.0 Å². The first kappa shape index (κ1) is 14.8. The second-order valence-electron chi connectivity index (χ2n) is 5.09. The number of hydrogen-bond donors (Lipinski definition) is 1. The van der Waals surface area contributed by atoms with Crippen LogP contribution in [0.15, 0.2) is 12.1 Å². The molecule has 3 nitrogen and oxygen atoms in total. The molecule has 1 aliphatic carbocycles. The molecule has 2 rings (SSSR count). The number of nitrogens with two attached hydrogens (primary N) is 1. The van der Waals surface area contributed by atoms with E-state index in [2.05, 4.69) is 0 Å². The van der Waals surface area contributed by atoms with Gasteiger partial charge in [0.15, 0.2) is 0 Å². The van der Waals surface area contributed by atoms with Crippen molar-refractivity contribution < 1.29 is 4.79 Å². The molecule has 2 N–H and O–H groups in total. The van der Waals surface area contributed by atoms with E-state index in [0.717, 1.165) is 35.0 Å². The molecule has 1 saturated carbocycles. The Morgan fingerprint density at radius 1 is 1.53 bits per heavy atom. The van der Waals surface area contributed by atoms with Crippen molar-refractivity contribution in [2.45, 2.75) is 32.7 Å². The molecule has 1 aromatic rings. The molecule has 1 fully saturated rings. The van der Waals surface area contributed by atoms with Gasteiger partial charge >= 0.3 is 0 Å². The van der Waals surface area contributed by atoms with E-state index in [4.69, 9.17) is 17.3 Å². The van der Waals surface area contributed by atoms with Crippen LogP contribution in [-0.4, -0.2) is 23.9 Å². The van der Waals surface area contributed by atoms with Crippen molar-refractivity contribution in [1.82, 2.24) is 4.90 Å². The van der Waals surface area contributed by atoms with Gasteiger partial charge in [0, 0.05) is 17.3 Å². The summed E-state index contributed by atoms with van der Waals surface area (Å²) in [5.41, 5.74) is 5.77. The van der Waals surface area contributed by atoms with E-state index < -0.39 is 0 Å². The van der Waals surface area contributed by atoms with Crippen LogP contribution in [0.2, 0.25) is 4.34 Å². The maximum atomic E-state index is 12.6. The number of halogens is 1. The molecular weight excluding hydrogens is 280 g/mol. The van der Waals surface area contributed by atoms with Crippen molar-refractivity contribution in [3.8, 4) is 0 Å². The first-order valence-corrected chi connectivity index (χ1v) is 8.08. The first-order chi connectivity index (χ1) is 9.15. The lowest BCUT2D eigenvalue weighted by Gasteiger charge is -2.26. The van der Waals surface area contributed by atoms with Gasteiger partial charge in [-0.15, -0.1) is 11.3 Å². The van der Waals surface area contributed by atoms with Gasteiger partial charge in [-0.3, -0.25) is 4.79 Å². The van der Waals surface area contributed by atoms with E-state index >= 15 is 0 Å². The zero-order valence-electron chi connectivity index (χ0n) is 11.3. The Balaban J connectivity index is 2.02.